The molecular weight excluding hydrogens is 606 g/mol. The molecule has 272 valence electrons. The fraction of sp³-hybridized carbons (Fsp3) is 0.818. The highest BCUT2D eigenvalue weighted by atomic mass is 16.6. The monoisotopic (exact) mass is 674 g/mol. The Bertz CT molecular complexity index is 1470. The number of carbonyl (C=O) groups excluding carboxylic acids is 2. The molecule has 1 spiro atoms. The summed E-state index contributed by atoms with van der Waals surface area (Å²) in [5.41, 5.74) is 11.3. The molecule has 7 aliphatic carbocycles. The van der Waals surface area contributed by atoms with Crippen molar-refractivity contribution in [3.05, 3.63) is 35.5 Å². The van der Waals surface area contributed by atoms with Gasteiger partial charge in [0.15, 0.2) is 5.41 Å². The molecule has 0 aliphatic heterocycles. The first kappa shape index (κ1) is 35.5. The van der Waals surface area contributed by atoms with Crippen LogP contribution in [-0.2, 0) is 19.1 Å². The first-order valence-corrected chi connectivity index (χ1v) is 20.0. The minimum atomic E-state index is -1.18. The number of carbonyl (C=O) groups is 2. The van der Waals surface area contributed by atoms with Crippen molar-refractivity contribution in [1.29, 1.82) is 0 Å². The molecule has 0 aromatic heterocycles. The summed E-state index contributed by atoms with van der Waals surface area (Å²) < 4.78 is 11.2. The van der Waals surface area contributed by atoms with Gasteiger partial charge in [0, 0.05) is 5.54 Å². The maximum atomic E-state index is 13.3. The molecule has 0 bridgehead atoms. The summed E-state index contributed by atoms with van der Waals surface area (Å²) in [5, 5.41) is 0. The summed E-state index contributed by atoms with van der Waals surface area (Å²) in [7, 11) is 0. The fourth-order valence-electron chi connectivity index (χ4n) is 14.7. The van der Waals surface area contributed by atoms with Crippen LogP contribution in [0.3, 0.4) is 0 Å². The van der Waals surface area contributed by atoms with E-state index in [1.54, 1.807) is 0 Å². The van der Waals surface area contributed by atoms with E-state index in [1.165, 1.54) is 68.1 Å². The molecule has 7 rings (SSSR count). The summed E-state index contributed by atoms with van der Waals surface area (Å²) in [4.78, 5) is 26.6. The SMILES string of the molecule is C=C(C)[C@@H]1CC[C@]2(N)CC[C@]3(C)[C@H](CC[C@@H]4[C@@]5(C)CC=C(C6=CC7(C6)CC(C(=O)OC(C)C)(C(=O)OC(C)C)C7)C(C)(C)[C@@H]5CC[C@]43C)[C@@H]12. The molecule has 0 aromatic rings. The van der Waals surface area contributed by atoms with Crippen LogP contribution in [0.2, 0.25) is 0 Å². The summed E-state index contributed by atoms with van der Waals surface area (Å²) in [6.07, 6.45) is 17.7. The Kier molecular flexibility index (Phi) is 8.02. The lowest BCUT2D eigenvalue weighted by atomic mass is 9.32. The Balaban J connectivity index is 1.14. The highest BCUT2D eigenvalue weighted by molar-refractivity contribution is 6.02. The minimum Gasteiger partial charge on any atom is -0.462 e. The largest absolute Gasteiger partial charge is 0.462 e. The van der Waals surface area contributed by atoms with Crippen molar-refractivity contribution in [2.75, 3.05) is 0 Å². The second-order valence-electron chi connectivity index (χ2n) is 20.5. The number of hydrogen-bond acceptors (Lipinski definition) is 5. The smallest absolute Gasteiger partial charge is 0.323 e. The third kappa shape index (κ3) is 4.77. The van der Waals surface area contributed by atoms with Crippen LogP contribution in [0.15, 0.2) is 35.5 Å². The van der Waals surface area contributed by atoms with Gasteiger partial charge >= 0.3 is 11.9 Å². The zero-order chi connectivity index (χ0) is 35.7. The second-order valence-corrected chi connectivity index (χ2v) is 20.5. The number of esters is 2. The number of fused-ring (bicyclic) bond motifs is 7. The van der Waals surface area contributed by atoms with Gasteiger partial charge in [0.2, 0.25) is 0 Å². The van der Waals surface area contributed by atoms with Gasteiger partial charge in [-0.15, -0.1) is 0 Å². The van der Waals surface area contributed by atoms with E-state index in [2.05, 4.69) is 60.3 Å². The number of rotatable bonds is 6. The Morgan fingerprint density at radius 1 is 0.837 bits per heavy atom. The van der Waals surface area contributed by atoms with Gasteiger partial charge in [0.05, 0.1) is 12.2 Å². The predicted octanol–water partition coefficient (Wildman–Crippen LogP) is 9.89. The Morgan fingerprint density at radius 3 is 2.02 bits per heavy atom. The van der Waals surface area contributed by atoms with Crippen LogP contribution in [-0.4, -0.2) is 29.7 Å². The third-order valence-corrected chi connectivity index (χ3v) is 16.9. The first-order chi connectivity index (χ1) is 22.7. The van der Waals surface area contributed by atoms with Crippen LogP contribution in [0.25, 0.3) is 0 Å². The number of allylic oxidation sites excluding steroid dienone is 5. The van der Waals surface area contributed by atoms with E-state index >= 15 is 0 Å². The van der Waals surface area contributed by atoms with Crippen molar-refractivity contribution >= 4 is 11.9 Å². The van der Waals surface area contributed by atoms with Gasteiger partial charge in [-0.3, -0.25) is 9.59 Å². The van der Waals surface area contributed by atoms with E-state index in [-0.39, 0.29) is 34.0 Å². The minimum absolute atomic E-state index is 0.00000389. The third-order valence-electron chi connectivity index (χ3n) is 16.9. The number of hydrogen-bond donors (Lipinski definition) is 1. The van der Waals surface area contributed by atoms with Gasteiger partial charge < -0.3 is 15.2 Å². The van der Waals surface area contributed by atoms with E-state index in [9.17, 15) is 9.59 Å². The van der Waals surface area contributed by atoms with E-state index in [1.807, 2.05) is 27.7 Å². The van der Waals surface area contributed by atoms with Gasteiger partial charge in [0.1, 0.15) is 0 Å². The molecule has 7 aliphatic rings. The van der Waals surface area contributed by atoms with Gasteiger partial charge in [-0.2, -0.15) is 0 Å². The van der Waals surface area contributed by atoms with Gasteiger partial charge in [-0.1, -0.05) is 58.9 Å². The average Bonchev–Trinajstić information content (AvgIpc) is 3.30. The summed E-state index contributed by atoms with van der Waals surface area (Å²) in [5.74, 6) is 2.37. The summed E-state index contributed by atoms with van der Waals surface area (Å²) >= 11 is 0. The van der Waals surface area contributed by atoms with E-state index in [4.69, 9.17) is 15.2 Å². The molecule has 0 saturated heterocycles. The maximum absolute atomic E-state index is 13.3. The van der Waals surface area contributed by atoms with Crippen LogP contribution in [0, 0.1) is 62.1 Å². The molecule has 5 saturated carbocycles. The quantitative estimate of drug-likeness (QED) is 0.173. The molecular formula is C44H67NO4. The van der Waals surface area contributed by atoms with Crippen LogP contribution in [0.1, 0.15) is 146 Å². The van der Waals surface area contributed by atoms with Crippen molar-refractivity contribution in [3.8, 4) is 0 Å². The molecule has 0 amide bonds. The molecule has 5 nitrogen and oxygen atoms in total. The zero-order valence-electron chi connectivity index (χ0n) is 32.6. The molecule has 0 aromatic carbocycles. The van der Waals surface area contributed by atoms with Crippen LogP contribution in [0.5, 0.6) is 0 Å². The van der Waals surface area contributed by atoms with Crippen LogP contribution >= 0.6 is 0 Å². The maximum Gasteiger partial charge on any atom is 0.323 e. The van der Waals surface area contributed by atoms with Crippen molar-refractivity contribution < 1.29 is 19.1 Å². The first-order valence-electron chi connectivity index (χ1n) is 20.0. The fourth-order valence-corrected chi connectivity index (χ4v) is 14.7. The summed E-state index contributed by atoms with van der Waals surface area (Å²) in [6.45, 7) is 27.2. The lowest BCUT2D eigenvalue weighted by Gasteiger charge is -2.72. The lowest BCUT2D eigenvalue weighted by Crippen LogP contribution is -2.67. The Morgan fingerprint density at radius 2 is 1.45 bits per heavy atom. The van der Waals surface area contributed by atoms with Crippen molar-refractivity contribution in [2.24, 2.45) is 67.8 Å². The zero-order valence-corrected chi connectivity index (χ0v) is 32.6. The van der Waals surface area contributed by atoms with Crippen molar-refractivity contribution in [2.45, 2.75) is 164 Å². The van der Waals surface area contributed by atoms with Crippen molar-refractivity contribution in [1.82, 2.24) is 0 Å². The highest BCUT2D eigenvalue weighted by Crippen LogP contribution is 2.77. The molecule has 9 atom stereocenters. The van der Waals surface area contributed by atoms with E-state index in [0.29, 0.717) is 53.3 Å². The van der Waals surface area contributed by atoms with Gasteiger partial charge in [-0.25, -0.2) is 0 Å². The van der Waals surface area contributed by atoms with E-state index < -0.39 is 17.4 Å². The number of ether oxygens (including phenoxy) is 2. The normalized spacial score (nSPS) is 43.9. The highest BCUT2D eigenvalue weighted by Gasteiger charge is 2.71. The predicted molar refractivity (Wildman–Crippen MR) is 196 cm³/mol. The molecule has 2 N–H and O–H groups in total. The van der Waals surface area contributed by atoms with Gasteiger partial charge in [0.25, 0.3) is 0 Å². The second kappa shape index (κ2) is 11.1. The molecule has 0 radical (unpaired) electrons. The molecule has 5 fully saturated rings. The summed E-state index contributed by atoms with van der Waals surface area (Å²) in [6, 6.07) is 0. The topological polar surface area (TPSA) is 78.6 Å². The number of nitrogens with two attached hydrogens (primary N) is 1. The molecule has 0 unspecified atom stereocenters. The Labute approximate surface area is 297 Å². The van der Waals surface area contributed by atoms with Crippen LogP contribution < -0.4 is 5.73 Å². The standard InChI is InChI=1S/C44H67NO4/c1-26(2)30-14-19-44(45)21-20-40(10)32(35(30)44)12-13-34-39(9)17-15-31(38(7,8)33(39)16-18-41(34,40)11)29-22-42(23-29)24-43(25-42,36(46)48-27(3)4)37(47)49-28(5)6/h15,22,27-28,30,32-35H,1,12-14,16-21,23-25,45H2,2-11H3/t30-,32+,33-,34+,35+,39-,40+,41+,44-/m0/s1. The molecule has 49 heavy (non-hydrogen) atoms. The Hall–Kier alpha value is -1.88. The molecule has 5 heteroatoms. The average molecular weight is 674 g/mol. The van der Waals surface area contributed by atoms with Crippen molar-refractivity contribution in [3.63, 3.8) is 0 Å². The van der Waals surface area contributed by atoms with E-state index in [0.717, 1.165) is 12.8 Å². The lowest BCUT2D eigenvalue weighted by molar-refractivity contribution is -0.219. The van der Waals surface area contributed by atoms with Gasteiger partial charge in [-0.05, 0) is 179 Å². The van der Waals surface area contributed by atoms with Crippen LogP contribution in [0.4, 0.5) is 0 Å². The molecule has 0 heterocycles.